The molecule has 0 saturated heterocycles. The van der Waals surface area contributed by atoms with E-state index in [0.717, 1.165) is 35.2 Å². The summed E-state index contributed by atoms with van der Waals surface area (Å²) in [6.07, 6.45) is 5.20. The first-order chi connectivity index (χ1) is 13.6. The number of ketones is 1. The zero-order chi connectivity index (χ0) is 19.7. The summed E-state index contributed by atoms with van der Waals surface area (Å²) in [5.74, 6) is 0.266. The molecule has 1 aliphatic rings. The van der Waals surface area contributed by atoms with E-state index >= 15 is 0 Å². The highest BCUT2D eigenvalue weighted by molar-refractivity contribution is 8.00. The van der Waals surface area contributed by atoms with E-state index in [4.69, 9.17) is 4.98 Å². The van der Waals surface area contributed by atoms with Gasteiger partial charge in [-0.1, -0.05) is 54.1 Å². The van der Waals surface area contributed by atoms with Crippen molar-refractivity contribution in [1.29, 1.82) is 0 Å². The Bertz CT molecular complexity index is 1100. The number of hydrogen-bond donors (Lipinski definition) is 0. The van der Waals surface area contributed by atoms with Crippen molar-refractivity contribution in [3.63, 3.8) is 0 Å². The van der Waals surface area contributed by atoms with E-state index in [1.165, 1.54) is 28.7 Å². The van der Waals surface area contributed by atoms with E-state index in [2.05, 4.69) is 6.58 Å². The number of nitrogens with zero attached hydrogens (tertiary/aromatic N) is 2. The number of Topliss-reactive ketones (excluding diaryl/α,β-unsaturated/α-hetero) is 1. The van der Waals surface area contributed by atoms with Crippen LogP contribution in [0.2, 0.25) is 0 Å². The maximum atomic E-state index is 13.4. The fraction of sp³-hybridized carbons (Fsp3) is 0.318. The number of allylic oxidation sites excluding steroid dienone is 1. The molecule has 4 rings (SSSR count). The van der Waals surface area contributed by atoms with Crippen molar-refractivity contribution in [2.45, 2.75) is 49.6 Å². The lowest BCUT2D eigenvalue weighted by molar-refractivity contribution is -0.119. The normalized spacial score (nSPS) is 17.2. The van der Waals surface area contributed by atoms with Crippen LogP contribution in [0.1, 0.15) is 31.2 Å². The number of rotatable bonds is 5. The third kappa shape index (κ3) is 3.59. The molecule has 0 N–H and O–H groups in total. The molecule has 0 aliphatic heterocycles. The average molecular weight is 411 g/mol. The fourth-order valence-corrected chi connectivity index (χ4v) is 5.75. The minimum atomic E-state index is -0.106. The largest absolute Gasteiger partial charge is 0.298 e. The lowest BCUT2D eigenvalue weighted by Gasteiger charge is -2.20. The molecule has 0 amide bonds. The molecular weight excluding hydrogens is 388 g/mol. The molecule has 1 fully saturated rings. The highest BCUT2D eigenvalue weighted by Gasteiger charge is 2.26. The van der Waals surface area contributed by atoms with Gasteiger partial charge in [0.15, 0.2) is 5.16 Å². The Hall–Kier alpha value is -2.18. The zero-order valence-corrected chi connectivity index (χ0v) is 17.4. The second-order valence-electron chi connectivity index (χ2n) is 7.11. The molecular formula is C22H22N2O2S2. The van der Waals surface area contributed by atoms with Crippen molar-refractivity contribution in [3.8, 4) is 11.1 Å². The highest BCUT2D eigenvalue weighted by Crippen LogP contribution is 2.35. The van der Waals surface area contributed by atoms with Crippen LogP contribution in [-0.4, -0.2) is 20.6 Å². The summed E-state index contributed by atoms with van der Waals surface area (Å²) in [4.78, 5) is 31.2. The summed E-state index contributed by atoms with van der Waals surface area (Å²) in [7, 11) is 0. The molecule has 28 heavy (non-hydrogen) atoms. The van der Waals surface area contributed by atoms with E-state index in [-0.39, 0.29) is 16.6 Å². The van der Waals surface area contributed by atoms with Crippen LogP contribution in [0.3, 0.4) is 0 Å². The number of aryl methyl sites for hydroxylation is 1. The molecule has 0 bridgehead atoms. The first kappa shape index (κ1) is 19.2. The number of fused-ring (bicyclic) bond motifs is 1. The molecule has 1 aromatic carbocycles. The maximum Gasteiger partial charge on any atom is 0.263 e. The number of carbonyl (C=O) groups is 1. The second kappa shape index (κ2) is 8.05. The van der Waals surface area contributed by atoms with E-state index in [0.29, 0.717) is 23.5 Å². The number of aromatic nitrogens is 2. The van der Waals surface area contributed by atoms with Gasteiger partial charge in [-0.3, -0.25) is 14.2 Å². The Morgan fingerprint density at radius 2 is 2.07 bits per heavy atom. The SMILES string of the molecule is C=CCn1c(S[C@@H]2CCCCC2=O)nc2scc(-c3ccc(C)cc3)c2c1=O. The lowest BCUT2D eigenvalue weighted by Crippen LogP contribution is -2.26. The number of carbonyl (C=O) groups excluding carboxylic acids is 1. The monoisotopic (exact) mass is 410 g/mol. The third-order valence-electron chi connectivity index (χ3n) is 5.08. The van der Waals surface area contributed by atoms with Gasteiger partial charge in [-0.15, -0.1) is 17.9 Å². The van der Waals surface area contributed by atoms with Crippen molar-refractivity contribution >= 4 is 39.1 Å². The highest BCUT2D eigenvalue weighted by atomic mass is 32.2. The third-order valence-corrected chi connectivity index (χ3v) is 7.26. The van der Waals surface area contributed by atoms with Crippen LogP contribution in [0.5, 0.6) is 0 Å². The minimum absolute atomic E-state index is 0.0625. The first-order valence-electron chi connectivity index (χ1n) is 9.48. The van der Waals surface area contributed by atoms with Crippen LogP contribution in [0.4, 0.5) is 0 Å². The van der Waals surface area contributed by atoms with Gasteiger partial charge in [0.05, 0.1) is 10.6 Å². The van der Waals surface area contributed by atoms with Crippen LogP contribution < -0.4 is 5.56 Å². The standard InChI is InChI=1S/C22H22N2O2S2/c1-3-12-24-21(26)19-16(15-10-8-14(2)9-11-15)13-27-20(19)23-22(24)28-18-7-5-4-6-17(18)25/h3,8-11,13,18H,1,4-7,12H2,2H3/t18-/m1/s1. The van der Waals surface area contributed by atoms with E-state index in [1.807, 2.05) is 36.6 Å². The molecule has 2 aromatic heterocycles. The lowest BCUT2D eigenvalue weighted by atomic mass is 9.99. The Morgan fingerprint density at radius 1 is 1.29 bits per heavy atom. The quantitative estimate of drug-likeness (QED) is 0.427. The number of thiophene rings is 1. The maximum absolute atomic E-state index is 13.4. The van der Waals surface area contributed by atoms with Gasteiger partial charge in [0.1, 0.15) is 10.6 Å². The van der Waals surface area contributed by atoms with Crippen molar-refractivity contribution in [3.05, 3.63) is 58.2 Å². The van der Waals surface area contributed by atoms with Crippen LogP contribution in [0.15, 0.2) is 52.3 Å². The molecule has 144 valence electrons. The smallest absolute Gasteiger partial charge is 0.263 e. The molecule has 4 nitrogen and oxygen atoms in total. The van der Waals surface area contributed by atoms with Crippen molar-refractivity contribution in [1.82, 2.24) is 9.55 Å². The number of hydrogen-bond acceptors (Lipinski definition) is 5. The van der Waals surface area contributed by atoms with Crippen molar-refractivity contribution in [2.24, 2.45) is 0 Å². The zero-order valence-electron chi connectivity index (χ0n) is 15.8. The van der Waals surface area contributed by atoms with Crippen LogP contribution in [-0.2, 0) is 11.3 Å². The Morgan fingerprint density at radius 3 is 2.79 bits per heavy atom. The first-order valence-corrected chi connectivity index (χ1v) is 11.2. The van der Waals surface area contributed by atoms with Gasteiger partial charge in [0.2, 0.25) is 0 Å². The molecule has 0 radical (unpaired) electrons. The summed E-state index contributed by atoms with van der Waals surface area (Å²) in [6.45, 7) is 6.23. The summed E-state index contributed by atoms with van der Waals surface area (Å²) in [5.41, 5.74) is 3.05. The van der Waals surface area contributed by atoms with E-state index < -0.39 is 0 Å². The predicted molar refractivity (Wildman–Crippen MR) is 117 cm³/mol. The molecule has 6 heteroatoms. The Balaban J connectivity index is 1.82. The molecule has 1 saturated carbocycles. The van der Waals surface area contributed by atoms with Gasteiger partial charge in [-0.05, 0) is 25.3 Å². The second-order valence-corrected chi connectivity index (χ2v) is 9.14. The fourth-order valence-electron chi connectivity index (χ4n) is 3.53. The summed E-state index contributed by atoms with van der Waals surface area (Å²) >= 11 is 2.92. The Labute approximate surface area is 172 Å². The average Bonchev–Trinajstić information content (AvgIpc) is 3.11. The number of thioether (sulfide) groups is 1. The molecule has 1 aliphatic carbocycles. The van der Waals surface area contributed by atoms with Crippen molar-refractivity contribution < 1.29 is 4.79 Å². The number of benzene rings is 1. The van der Waals surface area contributed by atoms with Gasteiger partial charge in [0.25, 0.3) is 5.56 Å². The van der Waals surface area contributed by atoms with Gasteiger partial charge in [-0.2, -0.15) is 0 Å². The van der Waals surface area contributed by atoms with Gasteiger partial charge in [0, 0.05) is 23.9 Å². The molecule has 0 spiro atoms. The summed E-state index contributed by atoms with van der Waals surface area (Å²) < 4.78 is 1.66. The topological polar surface area (TPSA) is 52.0 Å². The van der Waals surface area contributed by atoms with Crippen LogP contribution in [0, 0.1) is 6.92 Å². The van der Waals surface area contributed by atoms with Crippen LogP contribution >= 0.6 is 23.1 Å². The minimum Gasteiger partial charge on any atom is -0.298 e. The summed E-state index contributed by atoms with van der Waals surface area (Å²) in [6, 6.07) is 8.18. The molecule has 1 atom stereocenters. The van der Waals surface area contributed by atoms with E-state index in [1.54, 1.807) is 10.6 Å². The predicted octanol–water partition coefficient (Wildman–Crippen LogP) is 5.22. The van der Waals surface area contributed by atoms with Crippen LogP contribution in [0.25, 0.3) is 21.3 Å². The molecule has 2 heterocycles. The Kier molecular flexibility index (Phi) is 5.51. The van der Waals surface area contributed by atoms with Gasteiger partial charge in [-0.25, -0.2) is 4.98 Å². The summed E-state index contributed by atoms with van der Waals surface area (Å²) in [5, 5.41) is 3.16. The van der Waals surface area contributed by atoms with Crippen molar-refractivity contribution in [2.75, 3.05) is 0 Å². The van der Waals surface area contributed by atoms with Gasteiger partial charge >= 0.3 is 0 Å². The van der Waals surface area contributed by atoms with Gasteiger partial charge < -0.3 is 0 Å². The molecule has 0 unspecified atom stereocenters. The van der Waals surface area contributed by atoms with E-state index in [9.17, 15) is 9.59 Å². The molecule has 3 aromatic rings.